The van der Waals surface area contributed by atoms with Crippen LogP contribution in [0.1, 0.15) is 34.9 Å². The summed E-state index contributed by atoms with van der Waals surface area (Å²) in [5.74, 6) is 1.49. The molecule has 0 bridgehead atoms. The zero-order valence-corrected chi connectivity index (χ0v) is 17.2. The van der Waals surface area contributed by atoms with Crippen molar-refractivity contribution in [2.75, 3.05) is 19.8 Å². The molecular formula is C22H19ClN2O3S. The van der Waals surface area contributed by atoms with Crippen LogP contribution in [0, 0.1) is 0 Å². The van der Waals surface area contributed by atoms with E-state index < -0.39 is 0 Å². The maximum Gasteiger partial charge on any atom is 0.273 e. The first-order chi connectivity index (χ1) is 14.2. The van der Waals surface area contributed by atoms with Crippen LogP contribution in [0.2, 0.25) is 5.02 Å². The number of hydrogen-bond donors (Lipinski definition) is 0. The summed E-state index contributed by atoms with van der Waals surface area (Å²) in [4.78, 5) is 19.7. The Balaban J connectivity index is 1.39. The molecule has 3 heterocycles. The Morgan fingerprint density at radius 2 is 1.90 bits per heavy atom. The number of hydrogen-bond acceptors (Lipinski definition) is 5. The Morgan fingerprint density at radius 3 is 2.72 bits per heavy atom. The third-order valence-corrected chi connectivity index (χ3v) is 6.42. The van der Waals surface area contributed by atoms with Crippen molar-refractivity contribution in [3.05, 3.63) is 64.1 Å². The molecule has 2 aliphatic heterocycles. The number of carbonyl (C=O) groups excluding carboxylic acids is 1. The average Bonchev–Trinajstić information content (AvgIpc) is 3.44. The second-order valence-corrected chi connectivity index (χ2v) is 8.40. The number of fused-ring (bicyclic) bond motifs is 1. The van der Waals surface area contributed by atoms with Crippen LogP contribution in [0.5, 0.6) is 11.5 Å². The van der Waals surface area contributed by atoms with Gasteiger partial charge in [-0.15, -0.1) is 11.3 Å². The van der Waals surface area contributed by atoms with Crippen molar-refractivity contribution < 1.29 is 14.3 Å². The highest BCUT2D eigenvalue weighted by atomic mass is 35.5. The first-order valence-electron chi connectivity index (χ1n) is 9.61. The molecule has 1 fully saturated rings. The molecule has 1 saturated heterocycles. The minimum absolute atomic E-state index is 0.0269. The SMILES string of the molecule is O=C(c1csc(-c2ccc(Cl)cc2)n1)N1CCCC1c1ccc2c(c1)OCCO2. The summed E-state index contributed by atoms with van der Waals surface area (Å²) in [7, 11) is 0. The summed E-state index contributed by atoms with van der Waals surface area (Å²) in [5.41, 5.74) is 2.53. The van der Waals surface area contributed by atoms with E-state index in [-0.39, 0.29) is 11.9 Å². The fourth-order valence-corrected chi connectivity index (χ4v) is 4.79. The van der Waals surface area contributed by atoms with Gasteiger partial charge in [-0.05, 0) is 42.7 Å². The highest BCUT2D eigenvalue weighted by Gasteiger charge is 2.32. The van der Waals surface area contributed by atoms with E-state index in [0.29, 0.717) is 23.9 Å². The fraction of sp³-hybridized carbons (Fsp3) is 0.273. The minimum Gasteiger partial charge on any atom is -0.486 e. The summed E-state index contributed by atoms with van der Waals surface area (Å²) in [6.07, 6.45) is 1.90. The van der Waals surface area contributed by atoms with Crippen LogP contribution in [-0.4, -0.2) is 35.5 Å². The number of likely N-dealkylation sites (tertiary alicyclic amines) is 1. The third-order valence-electron chi connectivity index (χ3n) is 5.28. The zero-order valence-electron chi connectivity index (χ0n) is 15.6. The molecule has 0 saturated carbocycles. The van der Waals surface area contributed by atoms with E-state index in [9.17, 15) is 4.79 Å². The molecule has 29 heavy (non-hydrogen) atoms. The van der Waals surface area contributed by atoms with Crippen LogP contribution in [0.15, 0.2) is 47.8 Å². The molecule has 0 radical (unpaired) electrons. The van der Waals surface area contributed by atoms with Gasteiger partial charge in [-0.25, -0.2) is 4.98 Å². The number of ether oxygens (including phenoxy) is 2. The van der Waals surface area contributed by atoms with Gasteiger partial charge in [-0.1, -0.05) is 29.8 Å². The van der Waals surface area contributed by atoms with Crippen LogP contribution in [-0.2, 0) is 0 Å². The molecule has 3 aromatic rings. The number of thiazole rings is 1. The fourth-order valence-electron chi connectivity index (χ4n) is 3.87. The number of carbonyl (C=O) groups is 1. The van der Waals surface area contributed by atoms with Crippen LogP contribution in [0.4, 0.5) is 0 Å². The van der Waals surface area contributed by atoms with Crippen LogP contribution in [0.3, 0.4) is 0 Å². The first kappa shape index (κ1) is 18.5. The third kappa shape index (κ3) is 3.58. The van der Waals surface area contributed by atoms with E-state index in [1.165, 1.54) is 11.3 Å². The second-order valence-electron chi connectivity index (χ2n) is 7.10. The van der Waals surface area contributed by atoms with Crippen molar-refractivity contribution in [2.24, 2.45) is 0 Å². The summed E-state index contributed by atoms with van der Waals surface area (Å²) < 4.78 is 11.3. The number of rotatable bonds is 3. The summed E-state index contributed by atoms with van der Waals surface area (Å²) in [5, 5.41) is 3.34. The maximum atomic E-state index is 13.2. The first-order valence-corrected chi connectivity index (χ1v) is 10.9. The molecule has 5 rings (SSSR count). The molecular weight excluding hydrogens is 408 g/mol. The van der Waals surface area contributed by atoms with Gasteiger partial charge in [-0.3, -0.25) is 4.79 Å². The molecule has 0 aliphatic carbocycles. The van der Waals surface area contributed by atoms with E-state index in [4.69, 9.17) is 21.1 Å². The number of amides is 1. The maximum absolute atomic E-state index is 13.2. The predicted octanol–water partition coefficient (Wildman–Crippen LogP) is 5.21. The topological polar surface area (TPSA) is 51.7 Å². The smallest absolute Gasteiger partial charge is 0.273 e. The Labute approximate surface area is 177 Å². The van der Waals surface area contributed by atoms with Gasteiger partial charge >= 0.3 is 0 Å². The highest BCUT2D eigenvalue weighted by Crippen LogP contribution is 2.39. The molecule has 7 heteroatoms. The van der Waals surface area contributed by atoms with Crippen molar-refractivity contribution >= 4 is 28.8 Å². The van der Waals surface area contributed by atoms with Gasteiger partial charge in [0.15, 0.2) is 11.5 Å². The lowest BCUT2D eigenvalue weighted by molar-refractivity contribution is 0.0730. The summed E-state index contributed by atoms with van der Waals surface area (Å²) >= 11 is 7.44. The molecule has 1 amide bonds. The van der Waals surface area contributed by atoms with E-state index in [0.717, 1.165) is 47.0 Å². The molecule has 2 aliphatic rings. The summed E-state index contributed by atoms with van der Waals surface area (Å²) in [6, 6.07) is 13.5. The summed E-state index contributed by atoms with van der Waals surface area (Å²) in [6.45, 7) is 1.85. The monoisotopic (exact) mass is 426 g/mol. The number of halogens is 1. The number of benzene rings is 2. The molecule has 0 spiro atoms. The van der Waals surface area contributed by atoms with Gasteiger partial charge in [0.2, 0.25) is 0 Å². The highest BCUT2D eigenvalue weighted by molar-refractivity contribution is 7.13. The van der Waals surface area contributed by atoms with Gasteiger partial charge in [0, 0.05) is 22.5 Å². The number of nitrogens with zero attached hydrogens (tertiary/aromatic N) is 2. The largest absolute Gasteiger partial charge is 0.486 e. The van der Waals surface area contributed by atoms with Crippen LogP contribution >= 0.6 is 22.9 Å². The Hall–Kier alpha value is -2.57. The number of aromatic nitrogens is 1. The second kappa shape index (κ2) is 7.69. The van der Waals surface area contributed by atoms with Crippen molar-refractivity contribution in [1.82, 2.24) is 9.88 Å². The molecule has 148 valence electrons. The lowest BCUT2D eigenvalue weighted by atomic mass is 10.0. The lowest BCUT2D eigenvalue weighted by Crippen LogP contribution is -2.30. The van der Waals surface area contributed by atoms with Gasteiger partial charge in [0.05, 0.1) is 6.04 Å². The molecule has 0 N–H and O–H groups in total. The van der Waals surface area contributed by atoms with Crippen molar-refractivity contribution in [2.45, 2.75) is 18.9 Å². The van der Waals surface area contributed by atoms with Gasteiger partial charge < -0.3 is 14.4 Å². The Kier molecular flexibility index (Phi) is 4.89. The Morgan fingerprint density at radius 1 is 1.10 bits per heavy atom. The minimum atomic E-state index is -0.0288. The standard InChI is InChI=1S/C22H19ClN2O3S/c23-16-6-3-14(4-7-16)21-24-17(13-29-21)22(26)25-9-1-2-18(25)15-5-8-19-20(12-15)28-11-10-27-19/h3-8,12-13,18H,1-2,9-11H2. The van der Waals surface area contributed by atoms with Crippen LogP contribution < -0.4 is 9.47 Å². The molecule has 2 aromatic carbocycles. The molecule has 1 atom stereocenters. The van der Waals surface area contributed by atoms with E-state index in [1.807, 2.05) is 52.7 Å². The van der Waals surface area contributed by atoms with Crippen molar-refractivity contribution in [1.29, 1.82) is 0 Å². The van der Waals surface area contributed by atoms with E-state index in [1.54, 1.807) is 0 Å². The quantitative estimate of drug-likeness (QED) is 0.576. The van der Waals surface area contributed by atoms with Gasteiger partial charge in [0.1, 0.15) is 23.9 Å². The van der Waals surface area contributed by atoms with E-state index in [2.05, 4.69) is 4.98 Å². The van der Waals surface area contributed by atoms with Crippen LogP contribution in [0.25, 0.3) is 10.6 Å². The molecule has 5 nitrogen and oxygen atoms in total. The lowest BCUT2D eigenvalue weighted by Gasteiger charge is -2.26. The molecule has 1 aromatic heterocycles. The van der Waals surface area contributed by atoms with Crippen molar-refractivity contribution in [3.8, 4) is 22.1 Å². The van der Waals surface area contributed by atoms with Gasteiger partial charge in [0.25, 0.3) is 5.91 Å². The average molecular weight is 427 g/mol. The van der Waals surface area contributed by atoms with E-state index >= 15 is 0 Å². The van der Waals surface area contributed by atoms with Gasteiger partial charge in [-0.2, -0.15) is 0 Å². The predicted molar refractivity (Wildman–Crippen MR) is 113 cm³/mol. The molecule has 1 unspecified atom stereocenters. The zero-order chi connectivity index (χ0) is 19.8. The normalized spacial score (nSPS) is 18.1. The Bertz CT molecular complexity index is 1050. The van der Waals surface area contributed by atoms with Crippen molar-refractivity contribution in [3.63, 3.8) is 0 Å².